The molecule has 1 aliphatic rings. The first-order chi connectivity index (χ1) is 10.1. The van der Waals surface area contributed by atoms with Gasteiger partial charge in [-0.25, -0.2) is 4.79 Å². The van der Waals surface area contributed by atoms with E-state index in [9.17, 15) is 9.59 Å². The number of hydrogen-bond acceptors (Lipinski definition) is 5. The van der Waals surface area contributed by atoms with Crippen molar-refractivity contribution in [3.05, 3.63) is 23.8 Å². The Kier molecular flexibility index (Phi) is 4.99. The van der Waals surface area contributed by atoms with Crippen molar-refractivity contribution in [3.63, 3.8) is 0 Å². The van der Waals surface area contributed by atoms with Crippen molar-refractivity contribution in [2.24, 2.45) is 0 Å². The fourth-order valence-electron chi connectivity index (χ4n) is 2.01. The summed E-state index contributed by atoms with van der Waals surface area (Å²) in [6.45, 7) is -0.0971. The van der Waals surface area contributed by atoms with Gasteiger partial charge in [-0.2, -0.15) is 0 Å². The number of hydrogen-bond donors (Lipinski definition) is 3. The van der Waals surface area contributed by atoms with Crippen molar-refractivity contribution < 1.29 is 29.3 Å². The molecule has 0 radical (unpaired) electrons. The highest BCUT2D eigenvalue weighted by atomic mass is 16.7. The summed E-state index contributed by atoms with van der Waals surface area (Å²) in [7, 11) is 0. The number of ether oxygens (including phenoxy) is 2. The minimum absolute atomic E-state index is 0.00883. The van der Waals surface area contributed by atoms with Gasteiger partial charge < -0.3 is 25.0 Å². The van der Waals surface area contributed by atoms with E-state index in [1.54, 1.807) is 12.1 Å². The third-order valence-electron chi connectivity index (χ3n) is 3.13. The molecule has 1 heterocycles. The highest BCUT2D eigenvalue weighted by Gasteiger charge is 2.19. The van der Waals surface area contributed by atoms with Crippen molar-refractivity contribution in [1.29, 1.82) is 0 Å². The maximum Gasteiger partial charge on any atom is 0.326 e. The van der Waals surface area contributed by atoms with E-state index in [-0.39, 0.29) is 32.1 Å². The summed E-state index contributed by atoms with van der Waals surface area (Å²) in [5.74, 6) is -0.192. The molecular formula is C14H17NO6. The van der Waals surface area contributed by atoms with Gasteiger partial charge in [0.2, 0.25) is 12.7 Å². The highest BCUT2D eigenvalue weighted by molar-refractivity contribution is 5.83. The maximum atomic E-state index is 11.7. The Morgan fingerprint density at radius 2 is 2.05 bits per heavy atom. The molecule has 0 aromatic heterocycles. The van der Waals surface area contributed by atoms with Gasteiger partial charge in [-0.3, -0.25) is 4.79 Å². The second kappa shape index (κ2) is 6.94. The number of benzene rings is 1. The molecular weight excluding hydrogens is 278 g/mol. The van der Waals surface area contributed by atoms with Gasteiger partial charge in [-0.15, -0.1) is 0 Å². The molecule has 7 heteroatoms. The number of aryl methyl sites for hydroxylation is 1. The van der Waals surface area contributed by atoms with Crippen molar-refractivity contribution in [1.82, 2.24) is 5.32 Å². The van der Waals surface area contributed by atoms with Crippen LogP contribution in [0.3, 0.4) is 0 Å². The largest absolute Gasteiger partial charge is 0.480 e. The summed E-state index contributed by atoms with van der Waals surface area (Å²) in [5.41, 5.74) is 0.906. The van der Waals surface area contributed by atoms with Gasteiger partial charge in [0, 0.05) is 19.4 Å². The molecule has 1 aromatic carbocycles. The van der Waals surface area contributed by atoms with E-state index < -0.39 is 12.0 Å². The number of amides is 1. The lowest BCUT2D eigenvalue weighted by Gasteiger charge is -2.13. The minimum Gasteiger partial charge on any atom is -0.480 e. The van der Waals surface area contributed by atoms with Gasteiger partial charge in [-0.05, 0) is 24.1 Å². The first-order valence-electron chi connectivity index (χ1n) is 6.61. The Morgan fingerprint density at radius 1 is 1.29 bits per heavy atom. The number of fused-ring (bicyclic) bond motifs is 1. The first kappa shape index (κ1) is 15.1. The summed E-state index contributed by atoms with van der Waals surface area (Å²) in [5, 5.41) is 20.0. The number of nitrogens with one attached hydrogen (secondary N) is 1. The third kappa shape index (κ3) is 4.09. The van der Waals surface area contributed by atoms with Gasteiger partial charge in [0.05, 0.1) is 0 Å². The Labute approximate surface area is 121 Å². The van der Waals surface area contributed by atoms with Crippen LogP contribution in [-0.4, -0.2) is 41.5 Å². The molecule has 0 aliphatic carbocycles. The zero-order valence-corrected chi connectivity index (χ0v) is 11.4. The lowest BCUT2D eigenvalue weighted by atomic mass is 10.1. The second-order valence-corrected chi connectivity index (χ2v) is 4.66. The molecule has 114 valence electrons. The molecule has 2 rings (SSSR count). The molecule has 0 fully saturated rings. The van der Waals surface area contributed by atoms with Gasteiger partial charge in [0.25, 0.3) is 0 Å². The van der Waals surface area contributed by atoms with Crippen LogP contribution >= 0.6 is 0 Å². The number of carbonyl (C=O) groups excluding carboxylic acids is 1. The minimum atomic E-state index is -1.15. The Hall–Kier alpha value is -2.28. The number of carboxylic acid groups (broad SMARTS) is 1. The molecule has 0 saturated heterocycles. The highest BCUT2D eigenvalue weighted by Crippen LogP contribution is 2.32. The van der Waals surface area contributed by atoms with Crippen LogP contribution in [0.15, 0.2) is 18.2 Å². The van der Waals surface area contributed by atoms with Crippen LogP contribution in [0.2, 0.25) is 0 Å². The molecule has 0 spiro atoms. The molecule has 1 aromatic rings. The molecule has 1 aliphatic heterocycles. The quantitative estimate of drug-likeness (QED) is 0.668. The second-order valence-electron chi connectivity index (χ2n) is 4.66. The Balaban J connectivity index is 1.84. The topological polar surface area (TPSA) is 105 Å². The summed E-state index contributed by atoms with van der Waals surface area (Å²) < 4.78 is 10.4. The van der Waals surface area contributed by atoms with E-state index in [1.807, 2.05) is 6.07 Å². The predicted octanol–water partition coefficient (Wildman–Crippen LogP) is 0.300. The van der Waals surface area contributed by atoms with Gasteiger partial charge in [-0.1, -0.05) is 6.07 Å². The van der Waals surface area contributed by atoms with Crippen LogP contribution in [0.25, 0.3) is 0 Å². The fourth-order valence-corrected chi connectivity index (χ4v) is 2.01. The Morgan fingerprint density at radius 3 is 2.76 bits per heavy atom. The average Bonchev–Trinajstić information content (AvgIpc) is 2.92. The van der Waals surface area contributed by atoms with E-state index in [2.05, 4.69) is 5.32 Å². The van der Waals surface area contributed by atoms with E-state index in [4.69, 9.17) is 19.7 Å². The smallest absolute Gasteiger partial charge is 0.326 e. The number of aliphatic carboxylic acids is 1. The predicted molar refractivity (Wildman–Crippen MR) is 72.2 cm³/mol. The van der Waals surface area contributed by atoms with Crippen LogP contribution in [0, 0.1) is 0 Å². The molecule has 21 heavy (non-hydrogen) atoms. The number of rotatable bonds is 7. The SMILES string of the molecule is O=C(CCc1ccc2c(c1)OCO2)NC(CCO)C(=O)O. The zero-order valence-electron chi connectivity index (χ0n) is 11.4. The molecule has 1 amide bonds. The lowest BCUT2D eigenvalue weighted by Crippen LogP contribution is -2.41. The summed E-state index contributed by atoms with van der Waals surface area (Å²) >= 11 is 0. The maximum absolute atomic E-state index is 11.7. The third-order valence-corrected chi connectivity index (χ3v) is 3.13. The fraction of sp³-hybridized carbons (Fsp3) is 0.429. The number of carboxylic acids is 1. The van der Waals surface area contributed by atoms with Gasteiger partial charge in [0.15, 0.2) is 11.5 Å². The Bertz CT molecular complexity index is 530. The van der Waals surface area contributed by atoms with Crippen LogP contribution in [0.4, 0.5) is 0 Å². The van der Waals surface area contributed by atoms with E-state index >= 15 is 0 Å². The monoisotopic (exact) mass is 295 g/mol. The van der Waals surface area contributed by atoms with E-state index in [1.165, 1.54) is 0 Å². The number of aliphatic hydroxyl groups excluding tert-OH is 1. The molecule has 3 N–H and O–H groups in total. The van der Waals surface area contributed by atoms with E-state index in [0.717, 1.165) is 5.56 Å². The number of carbonyl (C=O) groups is 2. The number of aliphatic hydroxyl groups is 1. The van der Waals surface area contributed by atoms with Crippen molar-refractivity contribution in [2.75, 3.05) is 13.4 Å². The van der Waals surface area contributed by atoms with Crippen LogP contribution in [0.1, 0.15) is 18.4 Å². The standard InChI is InChI=1S/C14H17NO6/c16-6-5-10(14(18)19)15-13(17)4-2-9-1-3-11-12(7-9)21-8-20-11/h1,3,7,10,16H,2,4-6,8H2,(H,15,17)(H,18,19). The summed E-state index contributed by atoms with van der Waals surface area (Å²) in [6.07, 6.45) is 0.619. The van der Waals surface area contributed by atoms with Crippen LogP contribution < -0.4 is 14.8 Å². The first-order valence-corrected chi connectivity index (χ1v) is 6.61. The van der Waals surface area contributed by atoms with Crippen LogP contribution in [-0.2, 0) is 16.0 Å². The van der Waals surface area contributed by atoms with Gasteiger partial charge in [0.1, 0.15) is 6.04 Å². The van der Waals surface area contributed by atoms with E-state index in [0.29, 0.717) is 17.9 Å². The molecule has 0 bridgehead atoms. The molecule has 1 atom stereocenters. The lowest BCUT2D eigenvalue weighted by molar-refractivity contribution is -0.142. The van der Waals surface area contributed by atoms with Crippen molar-refractivity contribution in [2.45, 2.75) is 25.3 Å². The average molecular weight is 295 g/mol. The summed E-state index contributed by atoms with van der Waals surface area (Å²) in [4.78, 5) is 22.6. The van der Waals surface area contributed by atoms with Crippen LogP contribution in [0.5, 0.6) is 11.5 Å². The van der Waals surface area contributed by atoms with Crippen molar-refractivity contribution in [3.8, 4) is 11.5 Å². The molecule has 0 saturated carbocycles. The van der Waals surface area contributed by atoms with Gasteiger partial charge >= 0.3 is 5.97 Å². The molecule has 1 unspecified atom stereocenters. The van der Waals surface area contributed by atoms with Crippen molar-refractivity contribution >= 4 is 11.9 Å². The zero-order chi connectivity index (χ0) is 15.2. The summed E-state index contributed by atoms with van der Waals surface area (Å²) in [6, 6.07) is 4.36. The molecule has 7 nitrogen and oxygen atoms in total. The normalized spacial score (nSPS) is 13.8.